The highest BCUT2D eigenvalue weighted by molar-refractivity contribution is 5.92. The fourth-order valence-electron chi connectivity index (χ4n) is 3.38. The molecule has 0 unspecified atom stereocenters. The van der Waals surface area contributed by atoms with Gasteiger partial charge in [-0.1, -0.05) is 43.7 Å². The Morgan fingerprint density at radius 2 is 1.88 bits per heavy atom. The minimum atomic E-state index is -0.00392. The number of likely N-dealkylation sites (tertiary alicyclic amines) is 1. The predicted octanol–water partition coefficient (Wildman–Crippen LogP) is 3.78. The van der Waals surface area contributed by atoms with Crippen molar-refractivity contribution in [2.75, 3.05) is 25.0 Å². The third kappa shape index (κ3) is 5.04. The van der Waals surface area contributed by atoms with Crippen molar-refractivity contribution in [3.8, 4) is 0 Å². The lowest BCUT2D eigenvalue weighted by molar-refractivity contribution is 0.0683. The van der Waals surface area contributed by atoms with E-state index in [1.54, 1.807) is 6.07 Å². The van der Waals surface area contributed by atoms with Gasteiger partial charge >= 0.3 is 0 Å². The number of nitrogens with zero attached hydrogens (tertiary/aromatic N) is 3. The molecule has 2 aromatic rings. The molecule has 2 heterocycles. The van der Waals surface area contributed by atoms with Gasteiger partial charge < -0.3 is 10.2 Å². The molecule has 26 heavy (non-hydrogen) atoms. The van der Waals surface area contributed by atoms with Crippen LogP contribution in [0.5, 0.6) is 0 Å². The lowest BCUT2D eigenvalue weighted by atomic mass is 9.90. The summed E-state index contributed by atoms with van der Waals surface area (Å²) in [7, 11) is 0. The molecule has 1 amide bonds. The van der Waals surface area contributed by atoms with Gasteiger partial charge in [0.1, 0.15) is 5.82 Å². The van der Waals surface area contributed by atoms with E-state index in [0.29, 0.717) is 11.6 Å². The number of piperidine rings is 1. The third-order valence-electron chi connectivity index (χ3n) is 4.99. The molecule has 0 aliphatic carbocycles. The summed E-state index contributed by atoms with van der Waals surface area (Å²) in [6.45, 7) is 4.63. The van der Waals surface area contributed by atoms with Crippen LogP contribution in [0.3, 0.4) is 0 Å². The van der Waals surface area contributed by atoms with E-state index in [4.69, 9.17) is 0 Å². The highest BCUT2D eigenvalue weighted by Gasteiger charge is 2.24. The molecule has 3 rings (SSSR count). The molecule has 138 valence electrons. The maximum atomic E-state index is 12.6. The zero-order chi connectivity index (χ0) is 18.2. The second kappa shape index (κ2) is 9.32. The van der Waals surface area contributed by atoms with Crippen molar-refractivity contribution in [1.82, 2.24) is 15.1 Å². The van der Waals surface area contributed by atoms with Crippen LogP contribution < -0.4 is 5.32 Å². The molecule has 1 N–H and O–H groups in total. The number of unbranched alkanes of at least 4 members (excludes halogenated alkanes) is 1. The van der Waals surface area contributed by atoms with E-state index < -0.39 is 0 Å². The summed E-state index contributed by atoms with van der Waals surface area (Å²) in [4.78, 5) is 14.6. The molecule has 5 nitrogen and oxygen atoms in total. The number of aromatic nitrogens is 2. The van der Waals surface area contributed by atoms with E-state index in [-0.39, 0.29) is 5.91 Å². The van der Waals surface area contributed by atoms with E-state index in [1.165, 1.54) is 5.56 Å². The normalized spacial score (nSPS) is 15.0. The molecular formula is C21H28N4O. The highest BCUT2D eigenvalue weighted by Crippen LogP contribution is 2.22. The Kier molecular flexibility index (Phi) is 6.58. The lowest BCUT2D eigenvalue weighted by Crippen LogP contribution is -2.39. The van der Waals surface area contributed by atoms with Crippen LogP contribution in [0.1, 0.15) is 48.7 Å². The maximum Gasteiger partial charge on any atom is 0.274 e. The maximum absolute atomic E-state index is 12.6. The first-order chi connectivity index (χ1) is 12.8. The van der Waals surface area contributed by atoms with Crippen LogP contribution in [0.2, 0.25) is 0 Å². The molecule has 1 aromatic carbocycles. The van der Waals surface area contributed by atoms with Gasteiger partial charge in [0, 0.05) is 19.6 Å². The Labute approximate surface area is 155 Å². The van der Waals surface area contributed by atoms with E-state index in [1.807, 2.05) is 11.0 Å². The Morgan fingerprint density at radius 1 is 1.12 bits per heavy atom. The molecule has 0 bridgehead atoms. The summed E-state index contributed by atoms with van der Waals surface area (Å²) in [5.41, 5.74) is 1.82. The van der Waals surface area contributed by atoms with Gasteiger partial charge in [0.05, 0.1) is 0 Å². The molecule has 1 fully saturated rings. The van der Waals surface area contributed by atoms with E-state index >= 15 is 0 Å². The zero-order valence-corrected chi connectivity index (χ0v) is 15.5. The number of carbonyl (C=O) groups excluding carboxylic acids is 1. The van der Waals surface area contributed by atoms with Crippen molar-refractivity contribution < 1.29 is 4.79 Å². The topological polar surface area (TPSA) is 58.1 Å². The molecule has 0 radical (unpaired) electrons. The van der Waals surface area contributed by atoms with Gasteiger partial charge in [0.25, 0.3) is 5.91 Å². The first-order valence-electron chi connectivity index (χ1n) is 9.67. The summed E-state index contributed by atoms with van der Waals surface area (Å²) < 4.78 is 0. The molecule has 1 aliphatic heterocycles. The summed E-state index contributed by atoms with van der Waals surface area (Å²) in [5, 5.41) is 11.5. The van der Waals surface area contributed by atoms with Crippen molar-refractivity contribution in [3.63, 3.8) is 0 Å². The first-order valence-corrected chi connectivity index (χ1v) is 9.67. The standard InChI is InChI=1S/C21H28N4O/c1-2-3-13-22-20-10-9-19(23-24-20)21(26)25-14-11-18(12-15-25)16-17-7-5-4-6-8-17/h4-10,18H,2-3,11-16H2,1H3,(H,22,24). The van der Waals surface area contributed by atoms with Gasteiger partial charge in [-0.25, -0.2) is 0 Å². The van der Waals surface area contributed by atoms with Crippen LogP contribution in [-0.2, 0) is 6.42 Å². The number of benzene rings is 1. The average Bonchev–Trinajstić information content (AvgIpc) is 2.70. The van der Waals surface area contributed by atoms with Gasteiger partial charge in [-0.05, 0) is 49.3 Å². The summed E-state index contributed by atoms with van der Waals surface area (Å²) in [5.74, 6) is 1.38. The second-order valence-corrected chi connectivity index (χ2v) is 7.01. The van der Waals surface area contributed by atoms with E-state index in [9.17, 15) is 4.79 Å². The largest absolute Gasteiger partial charge is 0.369 e. The number of hydrogen-bond acceptors (Lipinski definition) is 4. The Morgan fingerprint density at radius 3 is 2.54 bits per heavy atom. The summed E-state index contributed by atoms with van der Waals surface area (Å²) in [6, 6.07) is 14.2. The monoisotopic (exact) mass is 352 g/mol. The molecule has 0 spiro atoms. The Balaban J connectivity index is 1.48. The van der Waals surface area contributed by atoms with Crippen molar-refractivity contribution in [2.24, 2.45) is 5.92 Å². The number of nitrogens with one attached hydrogen (secondary N) is 1. The van der Waals surface area contributed by atoms with Gasteiger partial charge in [-0.15, -0.1) is 10.2 Å². The fourth-order valence-corrected chi connectivity index (χ4v) is 3.38. The molecule has 0 saturated carbocycles. The van der Waals surface area contributed by atoms with Crippen molar-refractivity contribution in [1.29, 1.82) is 0 Å². The van der Waals surface area contributed by atoms with Crippen molar-refractivity contribution >= 4 is 11.7 Å². The third-order valence-corrected chi connectivity index (χ3v) is 4.99. The van der Waals surface area contributed by atoms with Crippen molar-refractivity contribution in [2.45, 2.75) is 39.0 Å². The smallest absolute Gasteiger partial charge is 0.274 e. The number of anilines is 1. The zero-order valence-electron chi connectivity index (χ0n) is 15.5. The number of amides is 1. The number of hydrogen-bond donors (Lipinski definition) is 1. The van der Waals surface area contributed by atoms with Gasteiger partial charge in [-0.2, -0.15) is 0 Å². The highest BCUT2D eigenvalue weighted by atomic mass is 16.2. The van der Waals surface area contributed by atoms with Crippen LogP contribution in [-0.4, -0.2) is 40.6 Å². The number of carbonyl (C=O) groups is 1. The van der Waals surface area contributed by atoms with Crippen LogP contribution in [0.25, 0.3) is 0 Å². The quantitative estimate of drug-likeness (QED) is 0.771. The van der Waals surface area contributed by atoms with Gasteiger partial charge in [0.15, 0.2) is 5.69 Å². The average molecular weight is 352 g/mol. The second-order valence-electron chi connectivity index (χ2n) is 7.01. The molecule has 5 heteroatoms. The molecule has 1 saturated heterocycles. The van der Waals surface area contributed by atoms with E-state index in [0.717, 1.165) is 57.6 Å². The first kappa shape index (κ1) is 18.4. The Hall–Kier alpha value is -2.43. The molecular weight excluding hydrogens is 324 g/mol. The van der Waals surface area contributed by atoms with Crippen molar-refractivity contribution in [3.05, 3.63) is 53.7 Å². The SMILES string of the molecule is CCCCNc1ccc(C(=O)N2CCC(Cc3ccccc3)CC2)nn1. The van der Waals surface area contributed by atoms with Gasteiger partial charge in [0.2, 0.25) is 0 Å². The summed E-state index contributed by atoms with van der Waals surface area (Å²) in [6.07, 6.45) is 5.42. The molecule has 1 aromatic heterocycles. The van der Waals surface area contributed by atoms with E-state index in [2.05, 4.69) is 52.8 Å². The fraction of sp³-hybridized carbons (Fsp3) is 0.476. The minimum absolute atomic E-state index is 0.00392. The number of rotatable bonds is 7. The van der Waals surface area contributed by atoms with Crippen LogP contribution in [0.15, 0.2) is 42.5 Å². The van der Waals surface area contributed by atoms with Crippen LogP contribution >= 0.6 is 0 Å². The predicted molar refractivity (Wildman–Crippen MR) is 104 cm³/mol. The Bertz CT molecular complexity index is 679. The summed E-state index contributed by atoms with van der Waals surface area (Å²) >= 11 is 0. The molecule has 1 aliphatic rings. The van der Waals surface area contributed by atoms with Gasteiger partial charge in [-0.3, -0.25) is 4.79 Å². The van der Waals surface area contributed by atoms with Crippen LogP contribution in [0, 0.1) is 5.92 Å². The minimum Gasteiger partial charge on any atom is -0.369 e. The molecule has 0 atom stereocenters. The van der Waals surface area contributed by atoms with Crippen LogP contribution in [0.4, 0.5) is 5.82 Å². The lowest BCUT2D eigenvalue weighted by Gasteiger charge is -2.31.